The minimum absolute atomic E-state index is 0.134. The molecule has 4 N–H and O–H groups in total. The van der Waals surface area contributed by atoms with Crippen LogP contribution < -0.4 is 16.3 Å². The molecule has 8 nitrogen and oxygen atoms in total. The molecule has 29 heavy (non-hydrogen) atoms. The number of carbonyl (C=O) groups is 3. The molecule has 0 saturated carbocycles. The van der Waals surface area contributed by atoms with Gasteiger partial charge in [-0.1, -0.05) is 30.3 Å². The van der Waals surface area contributed by atoms with E-state index in [1.807, 2.05) is 30.3 Å². The summed E-state index contributed by atoms with van der Waals surface area (Å²) >= 11 is 0. The molecule has 0 spiro atoms. The van der Waals surface area contributed by atoms with Crippen molar-refractivity contribution in [3.8, 4) is 5.75 Å². The molecule has 1 unspecified atom stereocenters. The smallest absolute Gasteiger partial charge is 0.266 e. The van der Waals surface area contributed by atoms with Crippen molar-refractivity contribution in [2.75, 3.05) is 0 Å². The van der Waals surface area contributed by atoms with E-state index in [0.29, 0.717) is 29.5 Å². The van der Waals surface area contributed by atoms with Gasteiger partial charge in [0, 0.05) is 24.1 Å². The number of fused-ring (bicyclic) bond motifs is 1. The molecule has 0 bridgehead atoms. The summed E-state index contributed by atoms with van der Waals surface area (Å²) in [5.41, 5.74) is 8.90. The maximum atomic E-state index is 12.9. The second kappa shape index (κ2) is 7.65. The van der Waals surface area contributed by atoms with E-state index in [-0.39, 0.29) is 25.3 Å². The molecule has 2 aromatic carbocycles. The lowest BCUT2D eigenvalue weighted by molar-refractivity contribution is -0.152. The second-order valence-corrected chi connectivity index (χ2v) is 7.18. The van der Waals surface area contributed by atoms with Crippen LogP contribution in [0.2, 0.25) is 0 Å². The van der Waals surface area contributed by atoms with Crippen LogP contribution in [-0.2, 0) is 29.3 Å². The Bertz CT molecular complexity index is 973. The van der Waals surface area contributed by atoms with Crippen LogP contribution >= 0.6 is 0 Å². The third-order valence-corrected chi connectivity index (χ3v) is 5.40. The van der Waals surface area contributed by atoms with E-state index >= 15 is 0 Å². The highest BCUT2D eigenvalue weighted by Gasteiger charge is 2.42. The summed E-state index contributed by atoms with van der Waals surface area (Å²) in [6, 6.07) is 12.4. The van der Waals surface area contributed by atoms with Crippen molar-refractivity contribution in [2.24, 2.45) is 11.6 Å². The quantitative estimate of drug-likeness (QED) is 0.445. The van der Waals surface area contributed by atoms with Crippen molar-refractivity contribution < 1.29 is 19.1 Å². The van der Waals surface area contributed by atoms with Gasteiger partial charge in [0.25, 0.3) is 11.8 Å². The number of hydrogen-bond acceptors (Lipinski definition) is 6. The van der Waals surface area contributed by atoms with Crippen molar-refractivity contribution in [2.45, 2.75) is 38.6 Å². The van der Waals surface area contributed by atoms with Crippen LogP contribution in [0.4, 0.5) is 0 Å². The molecule has 2 aliphatic heterocycles. The number of piperidine rings is 1. The number of ether oxygens (including phenoxy) is 1. The van der Waals surface area contributed by atoms with Crippen molar-refractivity contribution in [1.82, 2.24) is 9.91 Å². The Balaban J connectivity index is 1.52. The molecule has 0 aliphatic carbocycles. The van der Waals surface area contributed by atoms with Gasteiger partial charge in [0.1, 0.15) is 18.4 Å². The zero-order chi connectivity index (χ0) is 20.5. The van der Waals surface area contributed by atoms with Gasteiger partial charge in [0.2, 0.25) is 5.91 Å². The lowest BCUT2D eigenvalue weighted by atomic mass is 10.0. The highest BCUT2D eigenvalue weighted by Crippen LogP contribution is 2.34. The Morgan fingerprint density at radius 2 is 1.76 bits per heavy atom. The highest BCUT2D eigenvalue weighted by atomic mass is 16.5. The van der Waals surface area contributed by atoms with Crippen LogP contribution in [0.3, 0.4) is 0 Å². The van der Waals surface area contributed by atoms with Crippen molar-refractivity contribution in [3.05, 3.63) is 64.7 Å². The number of imide groups is 1. The van der Waals surface area contributed by atoms with Gasteiger partial charge in [0.15, 0.2) is 0 Å². The van der Waals surface area contributed by atoms with Gasteiger partial charge in [-0.3, -0.25) is 14.4 Å². The lowest BCUT2D eigenvalue weighted by Crippen LogP contribution is -2.57. The van der Waals surface area contributed by atoms with E-state index in [0.717, 1.165) is 16.7 Å². The minimum Gasteiger partial charge on any atom is -0.489 e. The second-order valence-electron chi connectivity index (χ2n) is 7.18. The van der Waals surface area contributed by atoms with Gasteiger partial charge in [-0.05, 0) is 29.7 Å². The molecule has 0 aromatic heterocycles. The van der Waals surface area contributed by atoms with Crippen LogP contribution in [0.1, 0.15) is 39.9 Å². The first-order chi connectivity index (χ1) is 14.0. The van der Waals surface area contributed by atoms with Crippen LogP contribution in [0, 0.1) is 0 Å². The van der Waals surface area contributed by atoms with Gasteiger partial charge >= 0.3 is 0 Å². The number of nitrogens with zero attached hydrogens (tertiary/aromatic N) is 2. The zero-order valence-electron chi connectivity index (χ0n) is 15.8. The molecule has 2 aromatic rings. The van der Waals surface area contributed by atoms with E-state index in [1.54, 1.807) is 12.1 Å². The van der Waals surface area contributed by atoms with Gasteiger partial charge < -0.3 is 15.4 Å². The molecule has 2 heterocycles. The third kappa shape index (κ3) is 3.48. The number of carbonyl (C=O) groups excluding carboxylic acids is 3. The summed E-state index contributed by atoms with van der Waals surface area (Å²) < 4.78 is 5.97. The number of amides is 3. The van der Waals surface area contributed by atoms with Gasteiger partial charge in [-0.2, -0.15) is 0 Å². The fourth-order valence-electron chi connectivity index (χ4n) is 3.72. The average Bonchev–Trinajstić information content (AvgIpc) is 3.08. The SMILES string of the molecule is NCc1ccc(COc2cccc3c2CN(C2CCC(=O)N(N)C2=O)C3=O)cc1. The van der Waals surface area contributed by atoms with E-state index in [9.17, 15) is 14.4 Å². The number of benzene rings is 2. The topological polar surface area (TPSA) is 119 Å². The molecule has 4 rings (SSSR count). The van der Waals surface area contributed by atoms with E-state index in [1.165, 1.54) is 4.90 Å². The molecule has 2 aliphatic rings. The summed E-state index contributed by atoms with van der Waals surface area (Å²) in [5, 5.41) is 0.618. The fourth-order valence-corrected chi connectivity index (χ4v) is 3.72. The standard InChI is InChI=1S/C21H22N4O4/c22-10-13-4-6-14(7-5-13)12-29-18-3-1-2-15-16(18)11-24(20(15)27)17-8-9-19(26)25(23)21(17)28/h1-7,17H,8-12,22-23H2. The maximum Gasteiger partial charge on any atom is 0.266 e. The third-order valence-electron chi connectivity index (χ3n) is 5.40. The Kier molecular flexibility index (Phi) is 5.04. The molecule has 1 fully saturated rings. The molecule has 1 saturated heterocycles. The molecule has 8 heteroatoms. The molecule has 3 amide bonds. The van der Waals surface area contributed by atoms with Crippen LogP contribution in [0.25, 0.3) is 0 Å². The predicted molar refractivity (Wildman–Crippen MR) is 104 cm³/mol. The zero-order valence-corrected chi connectivity index (χ0v) is 15.8. The van der Waals surface area contributed by atoms with Crippen LogP contribution in [0.5, 0.6) is 5.75 Å². The summed E-state index contributed by atoms with van der Waals surface area (Å²) in [6.07, 6.45) is 0.407. The number of hydrazine groups is 1. The Morgan fingerprint density at radius 3 is 2.48 bits per heavy atom. The Hall–Kier alpha value is -3.23. The normalized spacial score (nSPS) is 19.0. The maximum absolute atomic E-state index is 12.9. The number of rotatable bonds is 5. The van der Waals surface area contributed by atoms with Gasteiger partial charge in [0.05, 0.1) is 6.54 Å². The lowest BCUT2D eigenvalue weighted by Gasteiger charge is -2.33. The van der Waals surface area contributed by atoms with Gasteiger partial charge in [-0.15, -0.1) is 0 Å². The summed E-state index contributed by atoms with van der Waals surface area (Å²) in [5.74, 6) is 4.93. The highest BCUT2D eigenvalue weighted by molar-refractivity contribution is 6.05. The van der Waals surface area contributed by atoms with Crippen LogP contribution in [-0.4, -0.2) is 33.7 Å². The molecule has 150 valence electrons. The molecular weight excluding hydrogens is 372 g/mol. The minimum atomic E-state index is -0.741. The Morgan fingerprint density at radius 1 is 1.03 bits per heavy atom. The summed E-state index contributed by atoms with van der Waals surface area (Å²) in [7, 11) is 0. The molecule has 0 radical (unpaired) electrons. The number of hydrogen-bond donors (Lipinski definition) is 2. The number of nitrogens with two attached hydrogens (primary N) is 2. The first kappa shape index (κ1) is 19.1. The first-order valence-electron chi connectivity index (χ1n) is 9.44. The average molecular weight is 394 g/mol. The van der Waals surface area contributed by atoms with Crippen molar-refractivity contribution >= 4 is 17.7 Å². The summed E-state index contributed by atoms with van der Waals surface area (Å²) in [4.78, 5) is 38.4. The van der Waals surface area contributed by atoms with Crippen molar-refractivity contribution in [3.63, 3.8) is 0 Å². The Labute approximate surface area is 168 Å². The van der Waals surface area contributed by atoms with Gasteiger partial charge in [-0.25, -0.2) is 10.9 Å². The predicted octanol–water partition coefficient (Wildman–Crippen LogP) is 1.07. The summed E-state index contributed by atoms with van der Waals surface area (Å²) in [6.45, 7) is 1.08. The fraction of sp³-hybridized carbons (Fsp3) is 0.286. The van der Waals surface area contributed by atoms with E-state index in [4.69, 9.17) is 16.3 Å². The van der Waals surface area contributed by atoms with E-state index in [2.05, 4.69) is 0 Å². The van der Waals surface area contributed by atoms with Crippen LogP contribution in [0.15, 0.2) is 42.5 Å². The molecular formula is C21H22N4O4. The monoisotopic (exact) mass is 394 g/mol. The molecule has 1 atom stereocenters. The van der Waals surface area contributed by atoms with Crippen molar-refractivity contribution in [1.29, 1.82) is 0 Å². The largest absolute Gasteiger partial charge is 0.489 e. The van der Waals surface area contributed by atoms with E-state index < -0.39 is 17.9 Å². The first-order valence-corrected chi connectivity index (χ1v) is 9.44.